The number of rotatable bonds is 1. The van der Waals surface area contributed by atoms with Crippen LogP contribution in [0.5, 0.6) is 5.75 Å². The van der Waals surface area contributed by atoms with Crippen molar-refractivity contribution in [1.82, 2.24) is 10.4 Å². The minimum atomic E-state index is -1.13. The molecule has 3 N–H and O–H groups in total. The highest BCUT2D eigenvalue weighted by Gasteiger charge is 2.61. The summed E-state index contributed by atoms with van der Waals surface area (Å²) in [5.74, 6) is 8.14. The SMILES string of the molecule is CC(C)(C)OC(=O)NN(C(=O)OC(C)(C)C)c1ccc(C#C[C@]2(O)CC[C@H]3[C@@H]4CCc5cc(O)ccc5[C@H]4CC[C@@]32C)cn1. The molecule has 0 bridgehead atoms. The second-order valence-electron chi connectivity index (χ2n) is 14.7. The second kappa shape index (κ2) is 11.3. The van der Waals surface area contributed by atoms with Crippen LogP contribution in [0, 0.1) is 29.1 Å². The van der Waals surface area contributed by atoms with Gasteiger partial charge in [-0.3, -0.25) is 0 Å². The highest BCUT2D eigenvalue weighted by atomic mass is 16.6. The van der Waals surface area contributed by atoms with Crippen LogP contribution in [0.15, 0.2) is 36.5 Å². The summed E-state index contributed by atoms with van der Waals surface area (Å²) in [4.78, 5) is 29.8. The fourth-order valence-corrected chi connectivity index (χ4v) is 7.45. The third kappa shape index (κ3) is 6.37. The quantitative estimate of drug-likeness (QED) is 0.248. The highest BCUT2D eigenvalue weighted by Crippen LogP contribution is 2.64. The van der Waals surface area contributed by atoms with E-state index in [1.54, 1.807) is 59.7 Å². The Morgan fingerprint density at radius 1 is 1.02 bits per heavy atom. The Kier molecular flexibility index (Phi) is 8.13. The number of ether oxygens (including phenoxy) is 2. The molecule has 3 aliphatic rings. The van der Waals surface area contributed by atoms with Crippen molar-refractivity contribution in [1.29, 1.82) is 0 Å². The summed E-state index contributed by atoms with van der Waals surface area (Å²) in [5.41, 5.74) is 2.60. The predicted molar refractivity (Wildman–Crippen MR) is 167 cm³/mol. The largest absolute Gasteiger partial charge is 0.508 e. The van der Waals surface area contributed by atoms with Crippen LogP contribution in [0.1, 0.15) is 103 Å². The van der Waals surface area contributed by atoms with Gasteiger partial charge < -0.3 is 19.7 Å². The maximum absolute atomic E-state index is 13.0. The minimum Gasteiger partial charge on any atom is -0.508 e. The molecule has 0 radical (unpaired) electrons. The van der Waals surface area contributed by atoms with E-state index in [1.807, 2.05) is 6.07 Å². The molecule has 9 heteroatoms. The number of carbonyl (C=O) groups is 2. The van der Waals surface area contributed by atoms with Crippen LogP contribution in [0.2, 0.25) is 0 Å². The number of pyridine rings is 1. The molecule has 5 rings (SSSR count). The number of phenols is 1. The number of benzene rings is 1. The average Bonchev–Trinajstić information content (AvgIpc) is 3.19. The molecule has 3 aliphatic carbocycles. The molecule has 9 nitrogen and oxygen atoms in total. The summed E-state index contributed by atoms with van der Waals surface area (Å²) >= 11 is 0. The number of nitrogens with zero attached hydrogens (tertiary/aromatic N) is 2. The molecule has 2 fully saturated rings. The number of nitrogens with one attached hydrogen (secondary N) is 1. The van der Waals surface area contributed by atoms with Crippen molar-refractivity contribution >= 4 is 18.0 Å². The standard InChI is InChI=1S/C35H45N3O6/c1-32(2,3)43-30(40)37-38(31(41)44-33(4,5)6)29-13-8-22(21-36-29)14-18-35(42)19-16-28-27-11-9-23-20-24(39)10-12-25(23)26(27)15-17-34(28,35)7/h8,10,12-13,20-21,26-28,39,42H,9,11,15-17,19H2,1-7H3,(H,37,40)/t26-,27-,28+,34+,35+/m1/s1. The van der Waals surface area contributed by atoms with Gasteiger partial charge in [0, 0.05) is 17.2 Å². The molecule has 0 saturated heterocycles. The Bertz CT molecular complexity index is 1480. The number of anilines is 1. The van der Waals surface area contributed by atoms with Gasteiger partial charge in [0.2, 0.25) is 0 Å². The molecule has 236 valence electrons. The van der Waals surface area contributed by atoms with Gasteiger partial charge in [0.1, 0.15) is 22.6 Å². The molecule has 44 heavy (non-hydrogen) atoms. The molecule has 1 aromatic carbocycles. The zero-order valence-corrected chi connectivity index (χ0v) is 26.9. The lowest BCUT2D eigenvalue weighted by Crippen LogP contribution is -2.50. The predicted octanol–water partition coefficient (Wildman–Crippen LogP) is 6.61. The van der Waals surface area contributed by atoms with E-state index in [-0.39, 0.29) is 11.2 Å². The molecule has 5 atom stereocenters. The number of aromatic hydroxyl groups is 1. The van der Waals surface area contributed by atoms with Crippen LogP contribution < -0.4 is 10.4 Å². The molecule has 2 aromatic rings. The fourth-order valence-electron chi connectivity index (χ4n) is 7.45. The van der Waals surface area contributed by atoms with Crippen molar-refractivity contribution in [3.8, 4) is 17.6 Å². The Labute approximate surface area is 260 Å². The molecule has 2 amide bonds. The van der Waals surface area contributed by atoms with Crippen molar-refractivity contribution in [3.63, 3.8) is 0 Å². The number of hydrazine groups is 1. The number of aryl methyl sites for hydroxylation is 1. The van der Waals surface area contributed by atoms with Crippen molar-refractivity contribution in [2.75, 3.05) is 5.01 Å². The first-order valence-corrected chi connectivity index (χ1v) is 15.5. The van der Waals surface area contributed by atoms with Crippen molar-refractivity contribution in [2.45, 2.75) is 110 Å². The minimum absolute atomic E-state index is 0.131. The summed E-state index contributed by atoms with van der Waals surface area (Å²) in [6.07, 6.45) is 5.29. The first-order chi connectivity index (χ1) is 20.5. The van der Waals surface area contributed by atoms with E-state index < -0.39 is 29.0 Å². The van der Waals surface area contributed by atoms with E-state index in [0.29, 0.717) is 35.5 Å². The smallest absolute Gasteiger partial charge is 0.435 e. The van der Waals surface area contributed by atoms with E-state index in [9.17, 15) is 19.8 Å². The number of fused-ring (bicyclic) bond motifs is 5. The number of phenolic OH excluding ortho intramolecular Hbond substituents is 1. The molecular formula is C35H45N3O6. The van der Waals surface area contributed by atoms with Gasteiger partial charge in [0.25, 0.3) is 0 Å². The molecule has 0 spiro atoms. The van der Waals surface area contributed by atoms with Crippen molar-refractivity contribution in [3.05, 3.63) is 53.2 Å². The Hall–Kier alpha value is -3.77. The highest BCUT2D eigenvalue weighted by molar-refractivity contribution is 5.89. The number of hydrogen-bond acceptors (Lipinski definition) is 7. The average molecular weight is 604 g/mol. The molecule has 0 unspecified atom stereocenters. The van der Waals surface area contributed by atoms with E-state index in [4.69, 9.17) is 9.47 Å². The molecule has 1 aromatic heterocycles. The lowest BCUT2D eigenvalue weighted by Gasteiger charge is -2.52. The van der Waals surface area contributed by atoms with E-state index in [0.717, 1.165) is 37.1 Å². The summed E-state index contributed by atoms with van der Waals surface area (Å²) in [6, 6.07) is 9.07. The van der Waals surface area contributed by atoms with Crippen LogP contribution in [-0.4, -0.2) is 44.2 Å². The van der Waals surface area contributed by atoms with E-state index in [1.165, 1.54) is 17.3 Å². The van der Waals surface area contributed by atoms with Gasteiger partial charge in [-0.05, 0) is 133 Å². The van der Waals surface area contributed by atoms with Gasteiger partial charge in [-0.1, -0.05) is 24.8 Å². The van der Waals surface area contributed by atoms with Crippen molar-refractivity contribution in [2.24, 2.45) is 17.3 Å². The van der Waals surface area contributed by atoms with Crippen molar-refractivity contribution < 1.29 is 29.3 Å². The van der Waals surface area contributed by atoms with E-state index in [2.05, 4.69) is 35.2 Å². The Morgan fingerprint density at radius 3 is 2.41 bits per heavy atom. The van der Waals surface area contributed by atoms with Crippen LogP contribution >= 0.6 is 0 Å². The van der Waals surface area contributed by atoms with Gasteiger partial charge in [-0.2, -0.15) is 5.01 Å². The number of hydrogen-bond donors (Lipinski definition) is 3. The molecule has 0 aliphatic heterocycles. The Balaban J connectivity index is 1.34. The Morgan fingerprint density at radius 2 is 1.75 bits per heavy atom. The molecule has 2 saturated carbocycles. The van der Waals surface area contributed by atoms with Crippen LogP contribution in [0.25, 0.3) is 0 Å². The van der Waals surface area contributed by atoms with Gasteiger partial charge >= 0.3 is 12.2 Å². The summed E-state index contributed by atoms with van der Waals surface area (Å²) in [5, 5.41) is 22.9. The van der Waals surface area contributed by atoms with Crippen LogP contribution in [0.3, 0.4) is 0 Å². The summed E-state index contributed by atoms with van der Waals surface area (Å²) in [7, 11) is 0. The lowest BCUT2D eigenvalue weighted by atomic mass is 9.53. The van der Waals surface area contributed by atoms with Gasteiger partial charge in [0.15, 0.2) is 5.82 Å². The summed E-state index contributed by atoms with van der Waals surface area (Å²) in [6.45, 7) is 12.6. The third-order valence-corrected chi connectivity index (χ3v) is 9.43. The topological polar surface area (TPSA) is 121 Å². The van der Waals surface area contributed by atoms with Gasteiger partial charge in [-0.25, -0.2) is 20.0 Å². The number of amides is 2. The first kappa shape index (κ1) is 31.6. The normalized spacial score (nSPS) is 27.5. The second-order valence-corrected chi connectivity index (χ2v) is 14.7. The maximum atomic E-state index is 13.0. The first-order valence-electron chi connectivity index (χ1n) is 15.5. The fraction of sp³-hybridized carbons (Fsp3) is 0.571. The zero-order chi connectivity index (χ0) is 32.1. The number of aliphatic hydroxyl groups is 1. The van der Waals surface area contributed by atoms with Crippen LogP contribution in [-0.2, 0) is 15.9 Å². The van der Waals surface area contributed by atoms with Crippen LogP contribution in [0.4, 0.5) is 15.4 Å². The molecular weight excluding hydrogens is 558 g/mol. The van der Waals surface area contributed by atoms with Gasteiger partial charge in [-0.15, -0.1) is 0 Å². The lowest BCUT2D eigenvalue weighted by molar-refractivity contribution is -0.0647. The molecule has 1 heterocycles. The number of carbonyl (C=O) groups excluding carboxylic acids is 2. The maximum Gasteiger partial charge on any atom is 0.435 e. The monoisotopic (exact) mass is 603 g/mol. The van der Waals surface area contributed by atoms with Gasteiger partial charge in [0.05, 0.1) is 0 Å². The summed E-state index contributed by atoms with van der Waals surface area (Å²) < 4.78 is 10.8. The third-order valence-electron chi connectivity index (χ3n) is 9.43. The number of aromatic nitrogens is 1. The van der Waals surface area contributed by atoms with E-state index >= 15 is 0 Å². The zero-order valence-electron chi connectivity index (χ0n) is 26.9.